The Kier molecular flexibility index (Phi) is 7.66. The number of urea groups is 1. The summed E-state index contributed by atoms with van der Waals surface area (Å²) in [4.78, 5) is 35.0. The molecule has 3 amide bonds. The lowest BCUT2D eigenvalue weighted by atomic mass is 9.97. The minimum atomic E-state index is -0.667. The molecule has 1 aromatic carbocycles. The molecule has 0 bridgehead atoms. The fraction of sp³-hybridized carbons (Fsp3) is 0.389. The van der Waals surface area contributed by atoms with Crippen molar-refractivity contribution in [3.8, 4) is 0 Å². The Morgan fingerprint density at radius 1 is 1.12 bits per heavy atom. The van der Waals surface area contributed by atoms with Crippen molar-refractivity contribution in [1.82, 2.24) is 10.6 Å². The number of ether oxygens (including phenoxy) is 1. The number of amides is 3. The van der Waals surface area contributed by atoms with Crippen LogP contribution in [0.3, 0.4) is 0 Å². The van der Waals surface area contributed by atoms with E-state index in [0.29, 0.717) is 12.1 Å². The van der Waals surface area contributed by atoms with Crippen LogP contribution in [0, 0.1) is 0 Å². The van der Waals surface area contributed by atoms with Gasteiger partial charge in [0.15, 0.2) is 6.61 Å². The average molecular weight is 409 g/mol. The van der Waals surface area contributed by atoms with E-state index in [1.54, 1.807) is 24.3 Å². The van der Waals surface area contributed by atoms with E-state index in [-0.39, 0.29) is 0 Å². The largest absolute Gasteiger partial charge is 0.452 e. The zero-order valence-electron chi connectivity index (χ0n) is 13.8. The van der Waals surface area contributed by atoms with Crippen LogP contribution in [0.4, 0.5) is 4.79 Å². The van der Waals surface area contributed by atoms with Crippen molar-refractivity contribution in [1.29, 1.82) is 0 Å². The number of imide groups is 1. The Morgan fingerprint density at radius 3 is 2.56 bits per heavy atom. The first-order valence-corrected chi connectivity index (χ1v) is 9.02. The van der Waals surface area contributed by atoms with Crippen LogP contribution in [-0.2, 0) is 9.53 Å². The van der Waals surface area contributed by atoms with E-state index >= 15 is 0 Å². The highest BCUT2D eigenvalue weighted by molar-refractivity contribution is 9.10. The van der Waals surface area contributed by atoms with E-state index in [9.17, 15) is 14.4 Å². The monoisotopic (exact) mass is 408 g/mol. The van der Waals surface area contributed by atoms with Gasteiger partial charge in [-0.15, -0.1) is 0 Å². The summed E-state index contributed by atoms with van der Waals surface area (Å²) in [5.41, 5.74) is 1.68. The molecule has 6 nitrogen and oxygen atoms in total. The molecule has 0 aromatic heterocycles. The molecule has 25 heavy (non-hydrogen) atoms. The van der Waals surface area contributed by atoms with Gasteiger partial charge in [0.1, 0.15) is 0 Å². The summed E-state index contributed by atoms with van der Waals surface area (Å²) in [5.74, 6) is -1.29. The number of carbonyl (C=O) groups excluding carboxylic acids is 3. The number of rotatable bonds is 6. The predicted molar refractivity (Wildman–Crippen MR) is 97.1 cm³/mol. The van der Waals surface area contributed by atoms with Gasteiger partial charge in [0.25, 0.3) is 5.91 Å². The zero-order valence-corrected chi connectivity index (χ0v) is 15.4. The second-order valence-corrected chi connectivity index (χ2v) is 6.66. The maximum atomic E-state index is 11.8. The van der Waals surface area contributed by atoms with Gasteiger partial charge in [0, 0.05) is 11.0 Å². The quantitative estimate of drug-likeness (QED) is 0.558. The molecule has 0 radical (unpaired) electrons. The first-order chi connectivity index (χ1) is 12.0. The lowest BCUT2D eigenvalue weighted by Crippen LogP contribution is -2.41. The van der Waals surface area contributed by atoms with Crippen LogP contribution < -0.4 is 10.6 Å². The van der Waals surface area contributed by atoms with Crippen LogP contribution in [0.5, 0.6) is 0 Å². The van der Waals surface area contributed by atoms with E-state index in [0.717, 1.165) is 23.7 Å². The SMILES string of the molecule is O=C(COC(=O)c1ccc(Br)cc1)NC(=O)NCCC1=CCCCC1. The van der Waals surface area contributed by atoms with Crippen molar-refractivity contribution in [3.05, 3.63) is 46.0 Å². The normalized spacial score (nSPS) is 13.6. The minimum absolute atomic E-state index is 0.334. The Hall–Kier alpha value is -2.15. The third-order valence-electron chi connectivity index (χ3n) is 3.78. The maximum Gasteiger partial charge on any atom is 0.338 e. The predicted octanol–water partition coefficient (Wildman–Crippen LogP) is 3.32. The Bertz CT molecular complexity index is 656. The molecule has 0 aliphatic heterocycles. The maximum absolute atomic E-state index is 11.8. The van der Waals surface area contributed by atoms with Gasteiger partial charge < -0.3 is 10.1 Å². The smallest absolute Gasteiger partial charge is 0.338 e. The topological polar surface area (TPSA) is 84.5 Å². The fourth-order valence-corrected chi connectivity index (χ4v) is 2.74. The second-order valence-electron chi connectivity index (χ2n) is 5.75. The van der Waals surface area contributed by atoms with E-state index in [4.69, 9.17) is 4.74 Å². The number of allylic oxidation sites excluding steroid dienone is 1. The van der Waals surface area contributed by atoms with Crippen LogP contribution in [0.25, 0.3) is 0 Å². The van der Waals surface area contributed by atoms with Crippen LogP contribution in [-0.4, -0.2) is 31.1 Å². The molecule has 1 aromatic rings. The van der Waals surface area contributed by atoms with Crippen molar-refractivity contribution in [2.45, 2.75) is 32.1 Å². The Balaban J connectivity index is 1.63. The lowest BCUT2D eigenvalue weighted by Gasteiger charge is -2.13. The molecule has 7 heteroatoms. The highest BCUT2D eigenvalue weighted by Gasteiger charge is 2.12. The molecule has 2 N–H and O–H groups in total. The van der Waals surface area contributed by atoms with Crippen molar-refractivity contribution >= 4 is 33.8 Å². The van der Waals surface area contributed by atoms with Crippen molar-refractivity contribution in [2.75, 3.05) is 13.2 Å². The van der Waals surface area contributed by atoms with Crippen molar-refractivity contribution in [3.63, 3.8) is 0 Å². The molecule has 0 saturated heterocycles. The third kappa shape index (κ3) is 7.09. The van der Waals surface area contributed by atoms with Crippen LogP contribution >= 0.6 is 15.9 Å². The number of nitrogens with one attached hydrogen (secondary N) is 2. The van der Waals surface area contributed by atoms with E-state index in [2.05, 4.69) is 32.6 Å². The Morgan fingerprint density at radius 2 is 1.88 bits per heavy atom. The molecule has 134 valence electrons. The summed E-state index contributed by atoms with van der Waals surface area (Å²) >= 11 is 3.27. The lowest BCUT2D eigenvalue weighted by molar-refractivity contribution is -0.123. The number of halogens is 1. The molecule has 1 aliphatic carbocycles. The summed E-state index contributed by atoms with van der Waals surface area (Å²) in [6.45, 7) is -0.0307. The number of benzene rings is 1. The van der Waals surface area contributed by atoms with Gasteiger partial charge >= 0.3 is 12.0 Å². The number of hydrogen-bond donors (Lipinski definition) is 2. The van der Waals surface area contributed by atoms with Gasteiger partial charge in [-0.1, -0.05) is 27.6 Å². The summed E-state index contributed by atoms with van der Waals surface area (Å²) in [6, 6.07) is 5.98. The third-order valence-corrected chi connectivity index (χ3v) is 4.31. The number of hydrogen-bond acceptors (Lipinski definition) is 4. The summed E-state index contributed by atoms with van der Waals surface area (Å²) in [5, 5.41) is 4.77. The van der Waals surface area contributed by atoms with Crippen LogP contribution in [0.15, 0.2) is 40.4 Å². The number of esters is 1. The highest BCUT2D eigenvalue weighted by atomic mass is 79.9. The van der Waals surface area contributed by atoms with Gasteiger partial charge in [0.05, 0.1) is 5.56 Å². The second kappa shape index (κ2) is 9.98. The summed E-state index contributed by atoms with van der Waals surface area (Å²) < 4.78 is 5.71. The molecule has 0 atom stereocenters. The highest BCUT2D eigenvalue weighted by Crippen LogP contribution is 2.19. The van der Waals surface area contributed by atoms with Crippen LogP contribution in [0.2, 0.25) is 0 Å². The molecule has 2 rings (SSSR count). The van der Waals surface area contributed by atoms with Gasteiger partial charge in [0.2, 0.25) is 0 Å². The standard InChI is InChI=1S/C18H21BrN2O4/c19-15-8-6-14(7-9-15)17(23)25-12-16(22)21-18(24)20-11-10-13-4-2-1-3-5-13/h4,6-9H,1-3,5,10-12H2,(H2,20,21,22,24). The van der Waals surface area contributed by atoms with E-state index < -0.39 is 24.5 Å². The molecular formula is C18H21BrN2O4. The Labute approximate surface area is 155 Å². The molecule has 0 heterocycles. The zero-order chi connectivity index (χ0) is 18.1. The molecule has 0 saturated carbocycles. The van der Waals surface area contributed by atoms with Crippen molar-refractivity contribution < 1.29 is 19.1 Å². The average Bonchev–Trinajstić information content (AvgIpc) is 2.61. The van der Waals surface area contributed by atoms with E-state index in [1.165, 1.54) is 18.4 Å². The molecule has 0 fully saturated rings. The number of carbonyl (C=O) groups is 3. The van der Waals surface area contributed by atoms with Crippen molar-refractivity contribution in [2.24, 2.45) is 0 Å². The fourth-order valence-electron chi connectivity index (χ4n) is 2.48. The minimum Gasteiger partial charge on any atom is -0.452 e. The summed E-state index contributed by atoms with van der Waals surface area (Å²) in [6.07, 6.45) is 7.61. The van der Waals surface area contributed by atoms with Gasteiger partial charge in [-0.2, -0.15) is 0 Å². The van der Waals surface area contributed by atoms with Gasteiger partial charge in [-0.25, -0.2) is 9.59 Å². The van der Waals surface area contributed by atoms with Crippen LogP contribution in [0.1, 0.15) is 42.5 Å². The van der Waals surface area contributed by atoms with Gasteiger partial charge in [-0.05, 0) is 56.4 Å². The molecule has 0 spiro atoms. The first kappa shape index (κ1) is 19.2. The molecule has 1 aliphatic rings. The van der Waals surface area contributed by atoms with E-state index in [1.807, 2.05) is 0 Å². The first-order valence-electron chi connectivity index (χ1n) is 8.23. The molecular weight excluding hydrogens is 388 g/mol. The van der Waals surface area contributed by atoms with Gasteiger partial charge in [-0.3, -0.25) is 10.1 Å². The summed E-state index contributed by atoms with van der Waals surface area (Å²) in [7, 11) is 0. The molecule has 0 unspecified atom stereocenters.